The van der Waals surface area contributed by atoms with Crippen molar-refractivity contribution in [1.82, 2.24) is 5.32 Å². The van der Waals surface area contributed by atoms with Gasteiger partial charge in [0, 0.05) is 16.5 Å². The van der Waals surface area contributed by atoms with Crippen molar-refractivity contribution in [3.05, 3.63) is 35.1 Å². The van der Waals surface area contributed by atoms with Gasteiger partial charge in [-0.2, -0.15) is 11.8 Å². The van der Waals surface area contributed by atoms with Crippen LogP contribution in [0.5, 0.6) is 0 Å². The van der Waals surface area contributed by atoms with Crippen molar-refractivity contribution in [2.24, 2.45) is 0 Å². The largest absolute Gasteiger partial charge is 0.309 e. The molecule has 0 amide bonds. The summed E-state index contributed by atoms with van der Waals surface area (Å²) in [4.78, 5) is 0. The number of benzene rings is 1. The number of thioether (sulfide) groups is 1. The lowest BCUT2D eigenvalue weighted by atomic mass is 10.0. The molecule has 0 fully saturated rings. The van der Waals surface area contributed by atoms with E-state index in [-0.39, 0.29) is 16.6 Å². The lowest BCUT2D eigenvalue weighted by Gasteiger charge is -2.25. The first kappa shape index (κ1) is 16.5. The van der Waals surface area contributed by atoms with Gasteiger partial charge in [0.05, 0.1) is 0 Å². The van der Waals surface area contributed by atoms with Gasteiger partial charge in [0.1, 0.15) is 5.82 Å². The second-order valence-electron chi connectivity index (χ2n) is 5.93. The van der Waals surface area contributed by atoms with Crippen LogP contribution in [-0.4, -0.2) is 17.0 Å². The van der Waals surface area contributed by atoms with Crippen LogP contribution in [0.2, 0.25) is 0 Å². The SMILES string of the molecule is CCCNC(CSC(C)(C)C)c1cc(F)ccc1C. The van der Waals surface area contributed by atoms with Crippen molar-refractivity contribution in [1.29, 1.82) is 0 Å². The van der Waals surface area contributed by atoms with Gasteiger partial charge in [-0.05, 0) is 43.1 Å². The molecule has 108 valence electrons. The topological polar surface area (TPSA) is 12.0 Å². The van der Waals surface area contributed by atoms with Gasteiger partial charge in [0.2, 0.25) is 0 Å². The number of halogens is 1. The molecular formula is C16H26FNS. The fourth-order valence-corrected chi connectivity index (χ4v) is 2.86. The summed E-state index contributed by atoms with van der Waals surface area (Å²) in [7, 11) is 0. The van der Waals surface area contributed by atoms with Crippen LogP contribution >= 0.6 is 11.8 Å². The Bertz CT molecular complexity index is 398. The van der Waals surface area contributed by atoms with Crippen LogP contribution < -0.4 is 5.32 Å². The molecule has 0 radical (unpaired) electrons. The highest BCUT2D eigenvalue weighted by Gasteiger charge is 2.18. The number of hydrogen-bond acceptors (Lipinski definition) is 2. The van der Waals surface area contributed by atoms with E-state index in [2.05, 4.69) is 39.9 Å². The zero-order valence-corrected chi connectivity index (χ0v) is 13.5. The zero-order chi connectivity index (χ0) is 14.5. The maximum Gasteiger partial charge on any atom is 0.123 e. The quantitative estimate of drug-likeness (QED) is 0.811. The third-order valence-electron chi connectivity index (χ3n) is 2.94. The first-order chi connectivity index (χ1) is 8.83. The predicted octanol–water partition coefficient (Wildman–Crippen LogP) is 4.71. The molecule has 0 aliphatic carbocycles. The normalized spacial score (nSPS) is 13.6. The number of hydrogen-bond donors (Lipinski definition) is 1. The number of nitrogens with one attached hydrogen (secondary N) is 1. The third kappa shape index (κ3) is 5.96. The molecule has 0 bridgehead atoms. The Balaban J connectivity index is 2.85. The summed E-state index contributed by atoms with van der Waals surface area (Å²) in [6, 6.07) is 5.30. The first-order valence-electron chi connectivity index (χ1n) is 6.97. The summed E-state index contributed by atoms with van der Waals surface area (Å²) in [5.74, 6) is 0.818. The molecule has 0 saturated carbocycles. The Hall–Kier alpha value is -0.540. The molecule has 0 spiro atoms. The third-order valence-corrected chi connectivity index (χ3v) is 4.31. The highest BCUT2D eigenvalue weighted by Crippen LogP contribution is 2.29. The van der Waals surface area contributed by atoms with Crippen LogP contribution in [0, 0.1) is 12.7 Å². The lowest BCUT2D eigenvalue weighted by Crippen LogP contribution is -2.26. The summed E-state index contributed by atoms with van der Waals surface area (Å²) in [5, 5.41) is 3.54. The van der Waals surface area contributed by atoms with Crippen molar-refractivity contribution in [2.45, 2.75) is 51.8 Å². The molecule has 0 aromatic heterocycles. The molecular weight excluding hydrogens is 257 g/mol. The number of aryl methyl sites for hydroxylation is 1. The fraction of sp³-hybridized carbons (Fsp3) is 0.625. The molecule has 1 rings (SSSR count). The Morgan fingerprint density at radius 1 is 1.32 bits per heavy atom. The van der Waals surface area contributed by atoms with E-state index in [0.29, 0.717) is 0 Å². The van der Waals surface area contributed by atoms with Crippen LogP contribution in [0.25, 0.3) is 0 Å². The average Bonchev–Trinajstić information content (AvgIpc) is 2.32. The first-order valence-corrected chi connectivity index (χ1v) is 7.95. The van der Waals surface area contributed by atoms with E-state index in [1.165, 1.54) is 6.07 Å². The minimum absolute atomic E-state index is 0.148. The molecule has 0 heterocycles. The average molecular weight is 283 g/mol. The minimum Gasteiger partial charge on any atom is -0.309 e. The minimum atomic E-state index is -0.148. The molecule has 0 saturated heterocycles. The molecule has 0 aliphatic heterocycles. The Labute approximate surface area is 121 Å². The Morgan fingerprint density at radius 2 is 2.00 bits per heavy atom. The molecule has 0 aliphatic rings. The molecule has 1 N–H and O–H groups in total. The van der Waals surface area contributed by atoms with Crippen LogP contribution in [0.15, 0.2) is 18.2 Å². The standard InChI is InChI=1S/C16H26FNS/c1-6-9-18-15(11-19-16(3,4)5)14-10-13(17)8-7-12(14)2/h7-8,10,15,18H,6,9,11H2,1-5H3. The van der Waals surface area contributed by atoms with Gasteiger partial charge in [-0.25, -0.2) is 4.39 Å². The van der Waals surface area contributed by atoms with Gasteiger partial charge < -0.3 is 5.32 Å². The molecule has 19 heavy (non-hydrogen) atoms. The maximum atomic E-state index is 13.5. The van der Waals surface area contributed by atoms with E-state index in [0.717, 1.165) is 29.8 Å². The molecule has 1 unspecified atom stereocenters. The monoisotopic (exact) mass is 283 g/mol. The highest BCUT2D eigenvalue weighted by atomic mass is 32.2. The molecule has 1 aromatic carbocycles. The summed E-state index contributed by atoms with van der Waals surface area (Å²) in [6.45, 7) is 11.8. The fourth-order valence-electron chi connectivity index (χ4n) is 1.90. The van der Waals surface area contributed by atoms with Crippen LogP contribution in [-0.2, 0) is 0 Å². The van der Waals surface area contributed by atoms with E-state index < -0.39 is 0 Å². The van der Waals surface area contributed by atoms with E-state index in [1.54, 1.807) is 6.07 Å². The van der Waals surface area contributed by atoms with Gasteiger partial charge in [-0.3, -0.25) is 0 Å². The van der Waals surface area contributed by atoms with Gasteiger partial charge in [-0.1, -0.05) is 33.8 Å². The van der Waals surface area contributed by atoms with Crippen molar-refractivity contribution < 1.29 is 4.39 Å². The van der Waals surface area contributed by atoms with E-state index in [1.807, 2.05) is 17.8 Å². The van der Waals surface area contributed by atoms with Gasteiger partial charge in [0.25, 0.3) is 0 Å². The molecule has 3 heteroatoms. The van der Waals surface area contributed by atoms with Crippen molar-refractivity contribution >= 4 is 11.8 Å². The second-order valence-corrected chi connectivity index (χ2v) is 7.78. The van der Waals surface area contributed by atoms with Crippen LogP contribution in [0.3, 0.4) is 0 Å². The second kappa shape index (κ2) is 7.30. The lowest BCUT2D eigenvalue weighted by molar-refractivity contribution is 0.564. The van der Waals surface area contributed by atoms with Crippen LogP contribution in [0.1, 0.15) is 51.3 Å². The molecule has 1 nitrogen and oxygen atoms in total. The maximum absolute atomic E-state index is 13.5. The van der Waals surface area contributed by atoms with Crippen molar-refractivity contribution in [3.8, 4) is 0 Å². The van der Waals surface area contributed by atoms with E-state index >= 15 is 0 Å². The van der Waals surface area contributed by atoms with Gasteiger partial charge in [-0.15, -0.1) is 0 Å². The smallest absolute Gasteiger partial charge is 0.123 e. The predicted molar refractivity (Wildman–Crippen MR) is 84.4 cm³/mol. The van der Waals surface area contributed by atoms with Crippen molar-refractivity contribution in [3.63, 3.8) is 0 Å². The summed E-state index contributed by atoms with van der Waals surface area (Å²) in [6.07, 6.45) is 1.09. The molecule has 1 atom stereocenters. The van der Waals surface area contributed by atoms with Crippen LogP contribution in [0.4, 0.5) is 4.39 Å². The molecule has 1 aromatic rings. The Morgan fingerprint density at radius 3 is 2.58 bits per heavy atom. The van der Waals surface area contributed by atoms with Crippen molar-refractivity contribution in [2.75, 3.05) is 12.3 Å². The Kier molecular flexibility index (Phi) is 6.34. The van der Waals surface area contributed by atoms with E-state index in [9.17, 15) is 4.39 Å². The number of rotatable bonds is 6. The summed E-state index contributed by atoms with van der Waals surface area (Å²) >= 11 is 1.92. The highest BCUT2D eigenvalue weighted by molar-refractivity contribution is 8.00. The van der Waals surface area contributed by atoms with Gasteiger partial charge in [0.15, 0.2) is 0 Å². The van der Waals surface area contributed by atoms with E-state index in [4.69, 9.17) is 0 Å². The zero-order valence-electron chi connectivity index (χ0n) is 12.7. The summed E-state index contributed by atoms with van der Waals surface area (Å²) in [5.41, 5.74) is 2.25. The van der Waals surface area contributed by atoms with Gasteiger partial charge >= 0.3 is 0 Å². The summed E-state index contributed by atoms with van der Waals surface area (Å²) < 4.78 is 13.7.